The predicted octanol–water partition coefficient (Wildman–Crippen LogP) is 2.98. The van der Waals surface area contributed by atoms with Gasteiger partial charge in [-0.3, -0.25) is 4.90 Å². The molecule has 0 aromatic carbocycles. The summed E-state index contributed by atoms with van der Waals surface area (Å²) in [7, 11) is 6.65. The van der Waals surface area contributed by atoms with Crippen LogP contribution in [0.25, 0.3) is 0 Å². The zero-order valence-corrected chi connectivity index (χ0v) is 15.0. The molecule has 124 valence electrons. The molecule has 2 aliphatic rings. The number of rotatable bonds is 4. The van der Waals surface area contributed by atoms with Gasteiger partial charge in [-0.15, -0.1) is 0 Å². The maximum Gasteiger partial charge on any atom is 0.0695 e. The van der Waals surface area contributed by atoms with E-state index in [1.54, 1.807) is 0 Å². The van der Waals surface area contributed by atoms with Gasteiger partial charge < -0.3 is 10.0 Å². The van der Waals surface area contributed by atoms with E-state index >= 15 is 0 Å². The smallest absolute Gasteiger partial charge is 0.0695 e. The maximum atomic E-state index is 10.5. The van der Waals surface area contributed by atoms with E-state index in [2.05, 4.69) is 51.7 Å². The number of hydrogen-bond donors (Lipinski definition) is 1. The van der Waals surface area contributed by atoms with Crippen LogP contribution >= 0.6 is 0 Å². The van der Waals surface area contributed by atoms with E-state index in [9.17, 15) is 5.11 Å². The monoisotopic (exact) mass is 296 g/mol. The van der Waals surface area contributed by atoms with E-state index in [-0.39, 0.29) is 6.10 Å². The van der Waals surface area contributed by atoms with Crippen molar-refractivity contribution in [2.75, 3.05) is 27.7 Å². The van der Waals surface area contributed by atoms with Crippen LogP contribution in [0.3, 0.4) is 0 Å². The van der Waals surface area contributed by atoms with Crippen LogP contribution in [-0.2, 0) is 0 Å². The van der Waals surface area contributed by atoms with Gasteiger partial charge in [0.05, 0.1) is 6.10 Å². The first-order valence-corrected chi connectivity index (χ1v) is 8.71. The number of hydrogen-bond acceptors (Lipinski definition) is 3. The molecule has 0 aliphatic heterocycles. The molecule has 0 aromatic heterocycles. The van der Waals surface area contributed by atoms with Crippen LogP contribution in [0.2, 0.25) is 0 Å². The van der Waals surface area contributed by atoms with Gasteiger partial charge in [-0.05, 0) is 71.0 Å². The average Bonchev–Trinajstić information content (AvgIpc) is 2.32. The molecule has 21 heavy (non-hydrogen) atoms. The lowest BCUT2D eigenvalue weighted by Gasteiger charge is -2.52. The van der Waals surface area contributed by atoms with Crippen LogP contribution in [0.5, 0.6) is 0 Å². The largest absolute Gasteiger partial charge is 0.391 e. The minimum atomic E-state index is -0.145. The van der Waals surface area contributed by atoms with Crippen LogP contribution in [0.1, 0.15) is 59.3 Å². The van der Waals surface area contributed by atoms with Gasteiger partial charge in [0.15, 0.2) is 0 Å². The second-order valence-electron chi connectivity index (χ2n) is 8.90. The first kappa shape index (κ1) is 17.2. The highest BCUT2D eigenvalue weighted by Gasteiger charge is 2.43. The molecule has 3 nitrogen and oxygen atoms in total. The summed E-state index contributed by atoms with van der Waals surface area (Å²) in [5.41, 5.74) is 0.706. The Kier molecular flexibility index (Phi) is 5.07. The quantitative estimate of drug-likeness (QED) is 0.864. The molecule has 3 heteroatoms. The third kappa shape index (κ3) is 3.62. The molecular weight excluding hydrogens is 260 g/mol. The van der Waals surface area contributed by atoms with Crippen molar-refractivity contribution in [3.05, 3.63) is 0 Å². The number of likely N-dealkylation sites (N-methyl/N-ethyl adjacent to an activating group) is 2. The lowest BCUT2D eigenvalue weighted by atomic mass is 9.69. The van der Waals surface area contributed by atoms with Crippen molar-refractivity contribution >= 4 is 0 Å². The van der Waals surface area contributed by atoms with E-state index in [0.717, 1.165) is 25.3 Å². The van der Waals surface area contributed by atoms with E-state index in [1.165, 1.54) is 25.7 Å². The second-order valence-corrected chi connectivity index (χ2v) is 8.90. The molecule has 0 heterocycles. The fraction of sp³-hybridized carbons (Fsp3) is 1.00. The Bertz CT molecular complexity index is 344. The molecule has 0 spiro atoms. The summed E-state index contributed by atoms with van der Waals surface area (Å²) < 4.78 is 0. The lowest BCUT2D eigenvalue weighted by molar-refractivity contribution is -0.0427. The van der Waals surface area contributed by atoms with Crippen LogP contribution in [0, 0.1) is 11.3 Å². The Morgan fingerprint density at radius 1 is 1.10 bits per heavy atom. The Hall–Kier alpha value is -0.120. The van der Waals surface area contributed by atoms with Gasteiger partial charge in [0, 0.05) is 18.1 Å². The number of nitrogens with zero attached hydrogens (tertiary/aromatic N) is 2. The molecule has 3 unspecified atom stereocenters. The normalized spacial score (nSPS) is 33.3. The maximum absolute atomic E-state index is 10.5. The molecule has 0 bridgehead atoms. The third-order valence-electron chi connectivity index (χ3n) is 6.35. The topological polar surface area (TPSA) is 26.7 Å². The van der Waals surface area contributed by atoms with Gasteiger partial charge in [0.1, 0.15) is 0 Å². The lowest BCUT2D eigenvalue weighted by Crippen LogP contribution is -2.60. The van der Waals surface area contributed by atoms with Gasteiger partial charge in [0.2, 0.25) is 0 Å². The molecule has 0 radical (unpaired) electrons. The first-order valence-electron chi connectivity index (χ1n) is 8.71. The summed E-state index contributed by atoms with van der Waals surface area (Å²) in [6.45, 7) is 8.14. The number of aliphatic hydroxyl groups is 1. The van der Waals surface area contributed by atoms with E-state index in [1.807, 2.05) is 0 Å². The van der Waals surface area contributed by atoms with Gasteiger partial charge in [-0.25, -0.2) is 0 Å². The summed E-state index contributed by atoms with van der Waals surface area (Å²) in [5.74, 6) is 0.727. The van der Waals surface area contributed by atoms with Crippen LogP contribution in [0.4, 0.5) is 0 Å². The average molecular weight is 296 g/mol. The Labute approximate surface area is 131 Å². The minimum absolute atomic E-state index is 0.145. The summed E-state index contributed by atoms with van der Waals surface area (Å²) in [6.07, 6.45) is 7.09. The highest BCUT2D eigenvalue weighted by atomic mass is 16.3. The summed E-state index contributed by atoms with van der Waals surface area (Å²) in [4.78, 5) is 4.87. The Morgan fingerprint density at radius 3 is 2.14 bits per heavy atom. The summed E-state index contributed by atoms with van der Waals surface area (Å²) in [6, 6.07) is 0.334. The predicted molar refractivity (Wildman–Crippen MR) is 89.5 cm³/mol. The molecular formula is C18H36N2O. The Balaban J connectivity index is 2.01. The molecule has 2 rings (SSSR count). The highest BCUT2D eigenvalue weighted by Crippen LogP contribution is 2.41. The number of aliphatic hydroxyl groups excluding tert-OH is 1. The fourth-order valence-electron chi connectivity index (χ4n) is 4.30. The van der Waals surface area contributed by atoms with Crippen molar-refractivity contribution in [3.63, 3.8) is 0 Å². The zero-order valence-electron chi connectivity index (χ0n) is 15.0. The zero-order chi connectivity index (χ0) is 15.8. The molecule has 2 fully saturated rings. The Morgan fingerprint density at radius 2 is 1.71 bits per heavy atom. The molecule has 1 N–H and O–H groups in total. The second kappa shape index (κ2) is 6.17. The first-order chi connectivity index (χ1) is 9.66. The highest BCUT2D eigenvalue weighted by molar-refractivity contribution is 5.00. The summed E-state index contributed by atoms with van der Waals surface area (Å²) in [5, 5.41) is 10.5. The van der Waals surface area contributed by atoms with Crippen molar-refractivity contribution in [3.8, 4) is 0 Å². The van der Waals surface area contributed by atoms with Crippen molar-refractivity contribution in [2.24, 2.45) is 11.3 Å². The van der Waals surface area contributed by atoms with Gasteiger partial charge in [-0.1, -0.05) is 20.8 Å². The van der Waals surface area contributed by atoms with Crippen molar-refractivity contribution in [1.29, 1.82) is 0 Å². The fourth-order valence-corrected chi connectivity index (χ4v) is 4.30. The van der Waals surface area contributed by atoms with Crippen molar-refractivity contribution < 1.29 is 5.11 Å². The van der Waals surface area contributed by atoms with E-state index < -0.39 is 0 Å². The van der Waals surface area contributed by atoms with Gasteiger partial charge in [0.25, 0.3) is 0 Å². The van der Waals surface area contributed by atoms with E-state index in [0.29, 0.717) is 17.0 Å². The standard InChI is InChI=1S/C18H36N2O/c1-17(2,3)14-8-9-16(21)15(12-14)20(6)13-18(19(4)5)10-7-11-18/h14-16,21H,7-13H2,1-6H3. The van der Waals surface area contributed by atoms with Crippen LogP contribution < -0.4 is 0 Å². The SMILES string of the molecule is CN(CC1(N(C)C)CCC1)C1CC(C(C)(C)C)CCC1O. The minimum Gasteiger partial charge on any atom is -0.391 e. The molecule has 2 aliphatic carbocycles. The molecule has 0 saturated heterocycles. The van der Waals surface area contributed by atoms with Crippen LogP contribution in [-0.4, -0.2) is 60.3 Å². The molecule has 2 saturated carbocycles. The van der Waals surface area contributed by atoms with Crippen LogP contribution in [0.15, 0.2) is 0 Å². The molecule has 0 amide bonds. The summed E-state index contributed by atoms with van der Waals surface area (Å²) >= 11 is 0. The van der Waals surface area contributed by atoms with Crippen molar-refractivity contribution in [2.45, 2.75) is 77.0 Å². The van der Waals surface area contributed by atoms with E-state index in [4.69, 9.17) is 0 Å². The van der Waals surface area contributed by atoms with Crippen molar-refractivity contribution in [1.82, 2.24) is 9.80 Å². The molecule has 3 atom stereocenters. The molecule has 0 aromatic rings. The van der Waals surface area contributed by atoms with Gasteiger partial charge >= 0.3 is 0 Å². The van der Waals surface area contributed by atoms with Gasteiger partial charge in [-0.2, -0.15) is 0 Å². The third-order valence-corrected chi connectivity index (χ3v) is 6.35.